The van der Waals surface area contributed by atoms with Crippen LogP contribution in [0.5, 0.6) is 0 Å². The highest BCUT2D eigenvalue weighted by molar-refractivity contribution is 6.04. The van der Waals surface area contributed by atoms with Gasteiger partial charge in [0.05, 0.1) is 0 Å². The molecule has 0 fully saturated rings. The fourth-order valence-corrected chi connectivity index (χ4v) is 1.62. The number of amides is 1. The molecule has 1 amide bonds. The van der Waals surface area contributed by atoms with Gasteiger partial charge in [0.1, 0.15) is 6.61 Å². The molecule has 21 heavy (non-hydrogen) atoms. The zero-order valence-corrected chi connectivity index (χ0v) is 10.9. The minimum Gasteiger partial charge on any atom is -0.384 e. The Morgan fingerprint density at radius 1 is 1.10 bits per heavy atom. The minimum absolute atomic E-state index is 0.169. The molecule has 0 aromatic heterocycles. The van der Waals surface area contributed by atoms with Gasteiger partial charge in [0, 0.05) is 22.9 Å². The number of rotatable bonds is 2. The fraction of sp³-hybridized carbons (Fsp3) is 0.0625. The Balaban J connectivity index is 2.11. The average molecular weight is 287 g/mol. The van der Waals surface area contributed by atoms with E-state index in [0.29, 0.717) is 11.1 Å². The molecular weight excluding hydrogens is 276 g/mol. The molecule has 0 aliphatic rings. The van der Waals surface area contributed by atoms with E-state index in [4.69, 9.17) is 5.11 Å². The molecular formula is C16H11F2NO2. The van der Waals surface area contributed by atoms with Crippen molar-refractivity contribution in [2.45, 2.75) is 0 Å². The lowest BCUT2D eigenvalue weighted by Crippen LogP contribution is -2.12. The lowest BCUT2D eigenvalue weighted by molar-refractivity contribution is 0.102. The van der Waals surface area contributed by atoms with Crippen molar-refractivity contribution in [2.24, 2.45) is 0 Å². The van der Waals surface area contributed by atoms with Crippen molar-refractivity contribution in [3.05, 3.63) is 65.2 Å². The van der Waals surface area contributed by atoms with Crippen molar-refractivity contribution in [3.8, 4) is 11.8 Å². The van der Waals surface area contributed by atoms with Crippen molar-refractivity contribution in [1.82, 2.24) is 0 Å². The van der Waals surface area contributed by atoms with Gasteiger partial charge in [0.2, 0.25) is 0 Å². The van der Waals surface area contributed by atoms with Gasteiger partial charge in [-0.15, -0.1) is 0 Å². The van der Waals surface area contributed by atoms with Crippen LogP contribution in [0, 0.1) is 23.5 Å². The fourth-order valence-electron chi connectivity index (χ4n) is 1.62. The Kier molecular flexibility index (Phi) is 4.64. The molecule has 106 valence electrons. The van der Waals surface area contributed by atoms with Crippen molar-refractivity contribution < 1.29 is 18.7 Å². The van der Waals surface area contributed by atoms with Gasteiger partial charge in [-0.2, -0.15) is 0 Å². The molecule has 2 rings (SSSR count). The number of carbonyl (C=O) groups is 1. The highest BCUT2D eigenvalue weighted by Gasteiger charge is 2.08. The van der Waals surface area contributed by atoms with Crippen LogP contribution in [0.1, 0.15) is 15.9 Å². The first-order chi connectivity index (χ1) is 10.1. The van der Waals surface area contributed by atoms with E-state index < -0.39 is 17.5 Å². The number of carbonyl (C=O) groups excluding carboxylic acids is 1. The van der Waals surface area contributed by atoms with E-state index in [1.807, 2.05) is 0 Å². The third-order valence-electron chi connectivity index (χ3n) is 2.64. The molecule has 2 N–H and O–H groups in total. The number of anilines is 1. The zero-order chi connectivity index (χ0) is 15.2. The average Bonchev–Trinajstić information content (AvgIpc) is 2.49. The van der Waals surface area contributed by atoms with E-state index in [0.717, 1.165) is 12.1 Å². The second kappa shape index (κ2) is 6.64. The number of halogens is 2. The molecule has 0 aliphatic carbocycles. The van der Waals surface area contributed by atoms with Gasteiger partial charge in [-0.05, 0) is 36.4 Å². The summed E-state index contributed by atoms with van der Waals surface area (Å²) in [7, 11) is 0. The standard InChI is InChI=1S/C16H11F2NO2/c17-14-8-7-13(10-15(14)18)19-16(21)12-5-3-11(4-6-12)2-1-9-20/h3-8,10,20H,9H2,(H,19,21). The van der Waals surface area contributed by atoms with Crippen LogP contribution in [-0.2, 0) is 0 Å². The Morgan fingerprint density at radius 3 is 2.43 bits per heavy atom. The third-order valence-corrected chi connectivity index (χ3v) is 2.64. The number of hydrogen-bond acceptors (Lipinski definition) is 2. The molecule has 0 heterocycles. The van der Waals surface area contributed by atoms with Gasteiger partial charge in [-0.25, -0.2) is 8.78 Å². The highest BCUT2D eigenvalue weighted by Crippen LogP contribution is 2.14. The largest absolute Gasteiger partial charge is 0.384 e. The summed E-state index contributed by atoms with van der Waals surface area (Å²) in [6.45, 7) is -0.238. The Morgan fingerprint density at radius 2 is 1.81 bits per heavy atom. The summed E-state index contributed by atoms with van der Waals surface area (Å²) < 4.78 is 25.8. The van der Waals surface area contributed by atoms with Gasteiger partial charge in [-0.3, -0.25) is 4.79 Å². The molecule has 0 radical (unpaired) electrons. The summed E-state index contributed by atoms with van der Waals surface area (Å²) >= 11 is 0. The molecule has 0 spiro atoms. The predicted molar refractivity (Wildman–Crippen MR) is 74.7 cm³/mol. The molecule has 0 saturated heterocycles. The topological polar surface area (TPSA) is 49.3 Å². The summed E-state index contributed by atoms with van der Waals surface area (Å²) in [5.41, 5.74) is 1.19. The maximum atomic E-state index is 13.0. The van der Waals surface area contributed by atoms with Crippen LogP contribution in [0.15, 0.2) is 42.5 Å². The highest BCUT2D eigenvalue weighted by atomic mass is 19.2. The van der Waals surface area contributed by atoms with Crippen molar-refractivity contribution in [2.75, 3.05) is 11.9 Å². The summed E-state index contributed by atoms with van der Waals surface area (Å²) in [6.07, 6.45) is 0. The maximum Gasteiger partial charge on any atom is 0.255 e. The van der Waals surface area contributed by atoms with Crippen LogP contribution in [0.25, 0.3) is 0 Å². The molecule has 0 aliphatic heterocycles. The van der Waals surface area contributed by atoms with E-state index in [2.05, 4.69) is 17.2 Å². The Labute approximate surface area is 120 Å². The molecule has 2 aromatic rings. The molecule has 0 saturated carbocycles. The van der Waals surface area contributed by atoms with Crippen LogP contribution in [-0.4, -0.2) is 17.6 Å². The normalized spacial score (nSPS) is 9.67. The first kappa shape index (κ1) is 14.7. The lowest BCUT2D eigenvalue weighted by Gasteiger charge is -2.05. The summed E-state index contributed by atoms with van der Waals surface area (Å²) in [6, 6.07) is 9.49. The number of nitrogens with one attached hydrogen (secondary N) is 1. The third kappa shape index (κ3) is 3.88. The van der Waals surface area contributed by atoms with Gasteiger partial charge in [-0.1, -0.05) is 11.8 Å². The monoisotopic (exact) mass is 287 g/mol. The molecule has 3 nitrogen and oxygen atoms in total. The van der Waals surface area contributed by atoms with Crippen LogP contribution < -0.4 is 5.32 Å². The molecule has 5 heteroatoms. The number of aliphatic hydroxyl groups excluding tert-OH is 1. The number of benzene rings is 2. The molecule has 0 unspecified atom stereocenters. The van der Waals surface area contributed by atoms with Crippen molar-refractivity contribution in [1.29, 1.82) is 0 Å². The van der Waals surface area contributed by atoms with Crippen molar-refractivity contribution in [3.63, 3.8) is 0 Å². The minimum atomic E-state index is -1.03. The van der Waals surface area contributed by atoms with Gasteiger partial charge < -0.3 is 10.4 Å². The van der Waals surface area contributed by atoms with E-state index in [-0.39, 0.29) is 12.3 Å². The summed E-state index contributed by atoms with van der Waals surface area (Å²) in [5.74, 6) is 2.75. The van der Waals surface area contributed by atoms with Gasteiger partial charge in [0.25, 0.3) is 5.91 Å². The molecule has 0 bridgehead atoms. The lowest BCUT2D eigenvalue weighted by atomic mass is 10.1. The first-order valence-corrected chi connectivity index (χ1v) is 6.06. The van der Waals surface area contributed by atoms with Crippen LogP contribution in [0.4, 0.5) is 14.5 Å². The Bertz CT molecular complexity index is 715. The quantitative estimate of drug-likeness (QED) is 0.834. The van der Waals surface area contributed by atoms with Crippen LogP contribution in [0.3, 0.4) is 0 Å². The van der Waals surface area contributed by atoms with E-state index in [1.165, 1.54) is 6.07 Å². The van der Waals surface area contributed by atoms with E-state index in [9.17, 15) is 13.6 Å². The van der Waals surface area contributed by atoms with E-state index in [1.54, 1.807) is 24.3 Å². The molecule has 0 atom stereocenters. The smallest absolute Gasteiger partial charge is 0.255 e. The number of hydrogen-bond donors (Lipinski definition) is 2. The Hall–Kier alpha value is -2.71. The molecule has 2 aromatic carbocycles. The maximum absolute atomic E-state index is 13.0. The SMILES string of the molecule is O=C(Nc1ccc(F)c(F)c1)c1ccc(C#CCO)cc1. The second-order valence-electron chi connectivity index (χ2n) is 4.12. The van der Waals surface area contributed by atoms with E-state index >= 15 is 0 Å². The van der Waals surface area contributed by atoms with Crippen molar-refractivity contribution >= 4 is 11.6 Å². The summed E-state index contributed by atoms with van der Waals surface area (Å²) in [5, 5.41) is 11.0. The van der Waals surface area contributed by atoms with Crippen LogP contribution in [0.2, 0.25) is 0 Å². The van der Waals surface area contributed by atoms with Crippen LogP contribution >= 0.6 is 0 Å². The van der Waals surface area contributed by atoms with Gasteiger partial charge >= 0.3 is 0 Å². The van der Waals surface area contributed by atoms with Gasteiger partial charge in [0.15, 0.2) is 11.6 Å². The second-order valence-corrected chi connectivity index (χ2v) is 4.12. The number of aliphatic hydroxyl groups is 1. The zero-order valence-electron chi connectivity index (χ0n) is 10.9. The first-order valence-electron chi connectivity index (χ1n) is 6.06. The summed E-state index contributed by atoms with van der Waals surface area (Å²) in [4.78, 5) is 11.9. The predicted octanol–water partition coefficient (Wildman–Crippen LogP) is 2.56.